The van der Waals surface area contributed by atoms with E-state index in [0.717, 1.165) is 29.6 Å². The molecule has 3 N–H and O–H groups in total. The van der Waals surface area contributed by atoms with Crippen LogP contribution in [0.4, 0.5) is 35.1 Å². The molecule has 0 bridgehead atoms. The highest BCUT2D eigenvalue weighted by atomic mass is 127. The summed E-state index contributed by atoms with van der Waals surface area (Å²) in [5.41, 5.74) is 2.29. The van der Waals surface area contributed by atoms with Gasteiger partial charge in [0.05, 0.1) is 9.28 Å². The number of alkyl halides is 8. The van der Waals surface area contributed by atoms with Gasteiger partial charge in [-0.05, 0) is 22.6 Å². The van der Waals surface area contributed by atoms with E-state index in [-0.39, 0.29) is 0 Å². The average Bonchev–Trinajstić information content (AvgIpc) is 2.13. The van der Waals surface area contributed by atoms with Crippen LogP contribution in [-0.2, 0) is 0 Å². The Balaban J connectivity index is 5.72. The van der Waals surface area contributed by atoms with Crippen molar-refractivity contribution in [2.45, 2.75) is 24.3 Å². The second kappa shape index (κ2) is 5.35. The third-order valence-electron chi connectivity index (χ3n) is 1.84. The molecule has 0 aliphatic heterocycles. The van der Waals surface area contributed by atoms with Gasteiger partial charge in [0.25, 0.3) is 0 Å². The van der Waals surface area contributed by atoms with Crippen molar-refractivity contribution in [2.24, 2.45) is 5.73 Å². The van der Waals surface area contributed by atoms with Crippen LogP contribution in [0.3, 0.4) is 0 Å². The molecule has 0 spiro atoms. The van der Waals surface area contributed by atoms with E-state index in [4.69, 9.17) is 0 Å². The normalized spacial score (nSPS) is 17.3. The zero-order valence-corrected chi connectivity index (χ0v) is 10.7. The summed E-state index contributed by atoms with van der Waals surface area (Å²) in [5, 5.41) is 1.84. The molecule has 11 heteroatoms. The average molecular weight is 398 g/mol. The Hall–Kier alpha value is -0.330. The molecular weight excluding hydrogens is 391 g/mol. The molecule has 0 aromatic heterocycles. The third kappa shape index (κ3) is 3.59. The molecule has 1 atom stereocenters. The first-order valence-corrected chi connectivity index (χ1v) is 5.19. The second-order valence-corrected chi connectivity index (χ2v) is 4.15. The van der Waals surface area contributed by atoms with Crippen LogP contribution in [0.2, 0.25) is 0 Å². The molecular formula is C7H7F8IN2. The number of nitrogens with one attached hydrogen (secondary N) is 1. The number of hydrogen-bond donors (Lipinski definition) is 2. The molecule has 18 heavy (non-hydrogen) atoms. The predicted molar refractivity (Wildman–Crippen MR) is 55.1 cm³/mol. The molecule has 0 saturated heterocycles. The monoisotopic (exact) mass is 398 g/mol. The Bertz CT molecular complexity index is 331. The first-order valence-electron chi connectivity index (χ1n) is 4.11. The number of nitrogens with two attached hydrogens (primary N) is 1. The van der Waals surface area contributed by atoms with Gasteiger partial charge in [-0.3, -0.25) is 0 Å². The number of rotatable bonds is 3. The van der Waals surface area contributed by atoms with E-state index < -0.39 is 33.6 Å². The van der Waals surface area contributed by atoms with Crippen molar-refractivity contribution in [2.75, 3.05) is 7.05 Å². The largest absolute Gasteiger partial charge is 0.455 e. The van der Waals surface area contributed by atoms with Crippen molar-refractivity contribution < 1.29 is 35.1 Å². The van der Waals surface area contributed by atoms with Crippen LogP contribution < -0.4 is 11.1 Å². The summed E-state index contributed by atoms with van der Waals surface area (Å²) < 4.78 is 97.8. The molecule has 108 valence electrons. The molecule has 0 aliphatic carbocycles. The summed E-state index contributed by atoms with van der Waals surface area (Å²) in [6.07, 6.45) is -11.6. The fourth-order valence-corrected chi connectivity index (χ4v) is 1.57. The van der Waals surface area contributed by atoms with Crippen molar-refractivity contribution >= 4 is 22.6 Å². The van der Waals surface area contributed by atoms with Crippen molar-refractivity contribution in [3.63, 3.8) is 0 Å². The zero-order valence-electron chi connectivity index (χ0n) is 8.56. The Kier molecular flexibility index (Phi) is 5.25. The SMILES string of the molecule is CN/C(I)=C(\C(N)C(F)(F)C(F)(F)F)C(F)(F)F. The fraction of sp³-hybridized carbons (Fsp3) is 0.714. The molecule has 0 radical (unpaired) electrons. The van der Waals surface area contributed by atoms with E-state index in [0.29, 0.717) is 0 Å². The van der Waals surface area contributed by atoms with Gasteiger partial charge in [0.2, 0.25) is 0 Å². The first kappa shape index (κ1) is 17.7. The highest BCUT2D eigenvalue weighted by Gasteiger charge is 2.65. The van der Waals surface area contributed by atoms with Gasteiger partial charge in [-0.25, -0.2) is 0 Å². The molecule has 0 aliphatic rings. The highest BCUT2D eigenvalue weighted by Crippen LogP contribution is 2.44. The summed E-state index contributed by atoms with van der Waals surface area (Å²) >= 11 is 0.944. The van der Waals surface area contributed by atoms with E-state index in [1.165, 1.54) is 0 Å². The summed E-state index contributed by atoms with van der Waals surface area (Å²) in [4.78, 5) is 0. The summed E-state index contributed by atoms with van der Waals surface area (Å²) in [6.45, 7) is 0. The quantitative estimate of drug-likeness (QED) is 0.436. The zero-order chi connectivity index (χ0) is 14.9. The maximum Gasteiger partial charge on any atom is 0.455 e. The van der Waals surface area contributed by atoms with E-state index in [9.17, 15) is 35.1 Å². The molecule has 0 saturated carbocycles. The minimum atomic E-state index is -6.17. The fourth-order valence-electron chi connectivity index (χ4n) is 0.930. The van der Waals surface area contributed by atoms with Gasteiger partial charge in [0.1, 0.15) is 6.04 Å². The van der Waals surface area contributed by atoms with E-state index in [1.54, 1.807) is 0 Å². The lowest BCUT2D eigenvalue weighted by Gasteiger charge is -2.29. The van der Waals surface area contributed by atoms with Gasteiger partial charge in [-0.2, -0.15) is 35.1 Å². The molecule has 0 aromatic rings. The van der Waals surface area contributed by atoms with Crippen molar-refractivity contribution in [1.29, 1.82) is 0 Å². The Morgan fingerprint density at radius 1 is 1.06 bits per heavy atom. The minimum absolute atomic E-state index is 0.934. The van der Waals surface area contributed by atoms with Crippen molar-refractivity contribution in [1.82, 2.24) is 5.32 Å². The molecule has 1 unspecified atom stereocenters. The number of hydrogen-bond acceptors (Lipinski definition) is 2. The summed E-state index contributed by atoms with van der Waals surface area (Å²) in [7, 11) is 0.936. The van der Waals surface area contributed by atoms with E-state index >= 15 is 0 Å². The molecule has 0 fully saturated rings. The molecule has 0 amide bonds. The highest BCUT2D eigenvalue weighted by molar-refractivity contribution is 14.1. The van der Waals surface area contributed by atoms with Gasteiger partial charge < -0.3 is 11.1 Å². The van der Waals surface area contributed by atoms with Crippen LogP contribution >= 0.6 is 22.6 Å². The Morgan fingerprint density at radius 3 is 1.67 bits per heavy atom. The Morgan fingerprint density at radius 2 is 1.44 bits per heavy atom. The van der Waals surface area contributed by atoms with Crippen LogP contribution in [-0.4, -0.2) is 31.4 Å². The number of halogens is 9. The van der Waals surface area contributed by atoms with Crippen molar-refractivity contribution in [3.05, 3.63) is 9.28 Å². The summed E-state index contributed by atoms with van der Waals surface area (Å²) in [5.74, 6) is -5.69. The van der Waals surface area contributed by atoms with Gasteiger partial charge in [-0.1, -0.05) is 0 Å². The maximum absolute atomic E-state index is 12.8. The maximum atomic E-state index is 12.8. The lowest BCUT2D eigenvalue weighted by molar-refractivity contribution is -0.289. The molecule has 2 nitrogen and oxygen atoms in total. The second-order valence-electron chi connectivity index (χ2n) is 3.07. The van der Waals surface area contributed by atoms with Crippen molar-refractivity contribution in [3.8, 4) is 0 Å². The smallest absolute Gasteiger partial charge is 0.383 e. The summed E-state index contributed by atoms with van der Waals surface area (Å²) in [6, 6.07) is -3.54. The van der Waals surface area contributed by atoms with Crippen LogP contribution in [0.15, 0.2) is 9.28 Å². The Labute approximate surface area is 110 Å². The van der Waals surface area contributed by atoms with Crippen LogP contribution in [0.1, 0.15) is 0 Å². The lowest BCUT2D eigenvalue weighted by Crippen LogP contribution is -2.55. The predicted octanol–water partition coefficient (Wildman–Crippen LogP) is 2.94. The molecule has 0 heterocycles. The van der Waals surface area contributed by atoms with E-state index in [2.05, 4.69) is 5.73 Å². The van der Waals surface area contributed by atoms with Gasteiger partial charge in [0.15, 0.2) is 0 Å². The lowest BCUT2D eigenvalue weighted by atomic mass is 10.0. The van der Waals surface area contributed by atoms with Gasteiger partial charge >= 0.3 is 18.3 Å². The van der Waals surface area contributed by atoms with Gasteiger partial charge in [0, 0.05) is 7.05 Å². The molecule has 0 rings (SSSR count). The minimum Gasteiger partial charge on any atom is -0.383 e. The van der Waals surface area contributed by atoms with Crippen LogP contribution in [0, 0.1) is 0 Å². The topological polar surface area (TPSA) is 38.0 Å². The molecule has 0 aromatic carbocycles. The first-order chi connectivity index (χ1) is 7.76. The third-order valence-corrected chi connectivity index (χ3v) is 2.96. The van der Waals surface area contributed by atoms with Gasteiger partial charge in [-0.15, -0.1) is 0 Å². The van der Waals surface area contributed by atoms with Crippen LogP contribution in [0.5, 0.6) is 0 Å². The van der Waals surface area contributed by atoms with Crippen LogP contribution in [0.25, 0.3) is 0 Å². The standard InChI is InChI=1S/C7H7F8IN2/c1-18-4(16)2(6(10,11)12)3(17)5(8,9)7(13,14)15/h3,18H,17H2,1H3/b4-2+. The van der Waals surface area contributed by atoms with E-state index in [1.807, 2.05) is 5.32 Å².